The molecule has 1 heterocycles. The van der Waals surface area contributed by atoms with Crippen LogP contribution in [0.3, 0.4) is 0 Å². The van der Waals surface area contributed by atoms with Crippen LogP contribution in [0.5, 0.6) is 0 Å². The number of nitrogens with two attached hydrogens (primary N) is 1. The Hall–Kier alpha value is -1.36. The van der Waals surface area contributed by atoms with Crippen molar-refractivity contribution >= 4 is 21.7 Å². The second kappa shape index (κ2) is 3.57. The van der Waals surface area contributed by atoms with Gasteiger partial charge in [-0.1, -0.05) is 0 Å². The van der Waals surface area contributed by atoms with Crippen LogP contribution < -0.4 is 5.73 Å². The monoisotopic (exact) mass is 198 g/mol. The predicted octanol–water partition coefficient (Wildman–Crippen LogP) is 0.679. The van der Waals surface area contributed by atoms with Gasteiger partial charge in [0, 0.05) is 17.9 Å². The van der Waals surface area contributed by atoms with Crippen LogP contribution in [0.4, 0.5) is 5.82 Å². The van der Waals surface area contributed by atoms with Crippen molar-refractivity contribution in [2.24, 2.45) is 0 Å². The van der Waals surface area contributed by atoms with E-state index in [4.69, 9.17) is 5.73 Å². The molecule has 1 aromatic heterocycles. The Labute approximate surface area is 77.0 Å². The van der Waals surface area contributed by atoms with Crippen molar-refractivity contribution in [3.63, 3.8) is 0 Å². The molecule has 0 unspecified atom stereocenters. The van der Waals surface area contributed by atoms with Gasteiger partial charge in [-0.15, -0.1) is 0 Å². The topological polar surface area (TPSA) is 73.0 Å². The molecule has 0 saturated carbocycles. The number of nitrogen functional groups attached to an aromatic ring is 1. The first-order valence-electron chi connectivity index (χ1n) is 3.57. The lowest BCUT2D eigenvalue weighted by atomic mass is 10.3. The van der Waals surface area contributed by atoms with E-state index in [2.05, 4.69) is 4.98 Å². The van der Waals surface area contributed by atoms with E-state index in [1.165, 1.54) is 12.3 Å². The second-order valence-corrected chi connectivity index (χ2v) is 4.58. The third-order valence-electron chi connectivity index (χ3n) is 1.32. The summed E-state index contributed by atoms with van der Waals surface area (Å²) in [6, 6.07) is 3.31. The molecular formula is C8H10N2O2S. The largest absolute Gasteiger partial charge is 0.384 e. The van der Waals surface area contributed by atoms with Gasteiger partial charge in [-0.2, -0.15) is 0 Å². The lowest BCUT2D eigenvalue weighted by molar-refractivity contribution is 0.610. The van der Waals surface area contributed by atoms with E-state index >= 15 is 0 Å². The zero-order chi connectivity index (χ0) is 9.90. The highest BCUT2D eigenvalue weighted by molar-refractivity contribution is 7.93. The summed E-state index contributed by atoms with van der Waals surface area (Å²) in [6.07, 6.45) is 4.12. The second-order valence-electron chi connectivity index (χ2n) is 2.65. The molecule has 2 N–H and O–H groups in total. The summed E-state index contributed by atoms with van der Waals surface area (Å²) in [7, 11) is -3.07. The number of nitrogens with zero attached hydrogens (tertiary/aromatic N) is 1. The number of pyridine rings is 1. The summed E-state index contributed by atoms with van der Waals surface area (Å²) in [4.78, 5) is 3.81. The third-order valence-corrected chi connectivity index (χ3v) is 1.95. The van der Waals surface area contributed by atoms with Gasteiger partial charge in [0.2, 0.25) is 0 Å². The fourth-order valence-corrected chi connectivity index (χ4v) is 1.12. The molecule has 0 aliphatic rings. The van der Waals surface area contributed by atoms with Gasteiger partial charge in [0.15, 0.2) is 9.84 Å². The van der Waals surface area contributed by atoms with Crippen LogP contribution in [-0.2, 0) is 9.84 Å². The van der Waals surface area contributed by atoms with Gasteiger partial charge in [0.1, 0.15) is 5.82 Å². The SMILES string of the molecule is CS(=O)(=O)/C=C/c1ccc(N)nc1. The molecule has 0 fully saturated rings. The highest BCUT2D eigenvalue weighted by atomic mass is 32.2. The summed E-state index contributed by atoms with van der Waals surface area (Å²) in [5, 5.41) is 1.13. The quantitative estimate of drug-likeness (QED) is 0.758. The highest BCUT2D eigenvalue weighted by Gasteiger charge is 1.93. The van der Waals surface area contributed by atoms with E-state index in [0.717, 1.165) is 11.7 Å². The molecule has 13 heavy (non-hydrogen) atoms. The minimum Gasteiger partial charge on any atom is -0.384 e. The molecule has 0 radical (unpaired) electrons. The Morgan fingerprint density at radius 1 is 1.46 bits per heavy atom. The predicted molar refractivity (Wildman–Crippen MR) is 52.5 cm³/mol. The molecule has 1 rings (SSSR count). The van der Waals surface area contributed by atoms with Crippen molar-refractivity contribution in [2.75, 3.05) is 12.0 Å². The summed E-state index contributed by atoms with van der Waals surface area (Å²) in [5.74, 6) is 0.413. The molecule has 1 aromatic rings. The molecule has 0 spiro atoms. The third kappa shape index (κ3) is 3.71. The summed E-state index contributed by atoms with van der Waals surface area (Å²) in [5.41, 5.74) is 6.06. The Morgan fingerprint density at radius 3 is 2.62 bits per heavy atom. The average Bonchev–Trinajstić information content (AvgIpc) is 2.02. The van der Waals surface area contributed by atoms with E-state index in [-0.39, 0.29) is 0 Å². The Bertz CT molecular complexity index is 406. The molecule has 5 heteroatoms. The number of sulfone groups is 1. The molecule has 0 atom stereocenters. The lowest BCUT2D eigenvalue weighted by Gasteiger charge is -1.93. The van der Waals surface area contributed by atoms with E-state index in [9.17, 15) is 8.42 Å². The van der Waals surface area contributed by atoms with Crippen LogP contribution in [0.1, 0.15) is 5.56 Å². The van der Waals surface area contributed by atoms with Gasteiger partial charge in [-0.05, 0) is 23.8 Å². The van der Waals surface area contributed by atoms with Crippen LogP contribution in [0.2, 0.25) is 0 Å². The van der Waals surface area contributed by atoms with E-state index in [1.54, 1.807) is 12.1 Å². The first-order chi connectivity index (χ1) is 5.97. The first-order valence-corrected chi connectivity index (χ1v) is 5.52. The molecule has 0 saturated heterocycles. The fraction of sp³-hybridized carbons (Fsp3) is 0.125. The Morgan fingerprint density at radius 2 is 2.15 bits per heavy atom. The number of aromatic nitrogens is 1. The summed E-state index contributed by atoms with van der Waals surface area (Å²) < 4.78 is 21.5. The van der Waals surface area contributed by atoms with E-state index in [0.29, 0.717) is 11.4 Å². The zero-order valence-corrected chi connectivity index (χ0v) is 7.95. The number of hydrogen-bond acceptors (Lipinski definition) is 4. The lowest BCUT2D eigenvalue weighted by Crippen LogP contribution is -1.90. The summed E-state index contributed by atoms with van der Waals surface area (Å²) in [6.45, 7) is 0. The Balaban J connectivity index is 2.88. The maximum absolute atomic E-state index is 10.7. The van der Waals surface area contributed by atoms with Gasteiger partial charge in [0.25, 0.3) is 0 Å². The van der Waals surface area contributed by atoms with Crippen molar-refractivity contribution in [3.8, 4) is 0 Å². The van der Waals surface area contributed by atoms with Crippen molar-refractivity contribution in [2.45, 2.75) is 0 Å². The molecular weight excluding hydrogens is 188 g/mol. The van der Waals surface area contributed by atoms with Crippen LogP contribution in [0, 0.1) is 0 Å². The van der Waals surface area contributed by atoms with E-state index < -0.39 is 9.84 Å². The van der Waals surface area contributed by atoms with Crippen molar-refractivity contribution in [1.82, 2.24) is 4.98 Å². The average molecular weight is 198 g/mol. The number of anilines is 1. The van der Waals surface area contributed by atoms with Crippen LogP contribution in [-0.4, -0.2) is 19.7 Å². The van der Waals surface area contributed by atoms with Crippen LogP contribution >= 0.6 is 0 Å². The van der Waals surface area contributed by atoms with Crippen LogP contribution in [0.15, 0.2) is 23.7 Å². The molecule has 0 aromatic carbocycles. The van der Waals surface area contributed by atoms with Crippen molar-refractivity contribution < 1.29 is 8.42 Å². The number of hydrogen-bond donors (Lipinski definition) is 1. The smallest absolute Gasteiger partial charge is 0.168 e. The minimum absolute atomic E-state index is 0.413. The van der Waals surface area contributed by atoms with E-state index in [1.807, 2.05) is 0 Å². The molecule has 0 bridgehead atoms. The number of rotatable bonds is 2. The first kappa shape index (κ1) is 9.73. The van der Waals surface area contributed by atoms with Gasteiger partial charge in [-0.3, -0.25) is 0 Å². The van der Waals surface area contributed by atoms with Crippen molar-refractivity contribution in [3.05, 3.63) is 29.3 Å². The molecule has 70 valence electrons. The standard InChI is InChI=1S/C8H10N2O2S/c1-13(11,12)5-4-7-2-3-8(9)10-6-7/h2-6H,1H3,(H2,9,10)/b5-4+. The van der Waals surface area contributed by atoms with Gasteiger partial charge in [-0.25, -0.2) is 13.4 Å². The zero-order valence-electron chi connectivity index (χ0n) is 7.14. The maximum atomic E-state index is 10.7. The van der Waals surface area contributed by atoms with Gasteiger partial charge in [0.05, 0.1) is 0 Å². The normalized spacial score (nSPS) is 12.1. The van der Waals surface area contributed by atoms with Gasteiger partial charge < -0.3 is 5.73 Å². The van der Waals surface area contributed by atoms with Gasteiger partial charge >= 0.3 is 0 Å². The maximum Gasteiger partial charge on any atom is 0.168 e. The molecule has 0 aliphatic carbocycles. The van der Waals surface area contributed by atoms with Crippen LogP contribution in [0.25, 0.3) is 6.08 Å². The minimum atomic E-state index is -3.07. The molecule has 0 aliphatic heterocycles. The molecule has 4 nitrogen and oxygen atoms in total. The summed E-state index contributed by atoms with van der Waals surface area (Å²) >= 11 is 0. The highest BCUT2D eigenvalue weighted by Crippen LogP contribution is 2.04. The Kier molecular flexibility index (Phi) is 2.67. The van der Waals surface area contributed by atoms with Crippen molar-refractivity contribution in [1.29, 1.82) is 0 Å². The fourth-order valence-electron chi connectivity index (χ4n) is 0.717. The molecule has 0 amide bonds.